The molecule has 0 bridgehead atoms. The normalized spacial score (nSPS) is 21.1. The van der Waals surface area contributed by atoms with Crippen molar-refractivity contribution in [1.82, 2.24) is 10.2 Å². The minimum Gasteiger partial charge on any atom is -0.480 e. The highest BCUT2D eigenvalue weighted by Gasteiger charge is 2.31. The van der Waals surface area contributed by atoms with Crippen molar-refractivity contribution in [2.45, 2.75) is 39.7 Å². The maximum absolute atomic E-state index is 12.1. The van der Waals surface area contributed by atoms with Crippen LogP contribution in [-0.4, -0.2) is 46.9 Å². The largest absolute Gasteiger partial charge is 0.480 e. The van der Waals surface area contributed by atoms with Crippen LogP contribution < -0.4 is 5.32 Å². The number of aliphatic carboxylic acids is 1. The molecule has 2 atom stereocenters. The van der Waals surface area contributed by atoms with Crippen LogP contribution >= 0.6 is 0 Å². The number of rotatable bonds is 4. The zero-order valence-corrected chi connectivity index (χ0v) is 11.7. The monoisotopic (exact) mass is 270 g/mol. The van der Waals surface area contributed by atoms with Crippen molar-refractivity contribution in [2.24, 2.45) is 11.8 Å². The van der Waals surface area contributed by atoms with E-state index in [4.69, 9.17) is 5.11 Å². The van der Waals surface area contributed by atoms with Gasteiger partial charge in [0, 0.05) is 20.0 Å². The summed E-state index contributed by atoms with van der Waals surface area (Å²) in [6, 6.07) is -0.875. The Morgan fingerprint density at radius 3 is 2.42 bits per heavy atom. The molecule has 108 valence electrons. The Morgan fingerprint density at radius 1 is 1.32 bits per heavy atom. The maximum atomic E-state index is 12.1. The number of amides is 2. The molecule has 1 heterocycles. The number of nitrogens with one attached hydrogen (secondary N) is 1. The summed E-state index contributed by atoms with van der Waals surface area (Å²) in [5.74, 6) is -1.82. The van der Waals surface area contributed by atoms with Crippen molar-refractivity contribution in [1.29, 1.82) is 0 Å². The zero-order valence-electron chi connectivity index (χ0n) is 11.7. The van der Waals surface area contributed by atoms with Gasteiger partial charge in [-0.3, -0.25) is 9.59 Å². The Kier molecular flexibility index (Phi) is 5.32. The number of carboxylic acids is 1. The van der Waals surface area contributed by atoms with Crippen molar-refractivity contribution in [3.05, 3.63) is 0 Å². The van der Waals surface area contributed by atoms with Gasteiger partial charge < -0.3 is 15.3 Å². The summed E-state index contributed by atoms with van der Waals surface area (Å²) < 4.78 is 0. The topological polar surface area (TPSA) is 86.7 Å². The Balaban J connectivity index is 2.62. The lowest BCUT2D eigenvalue weighted by Crippen LogP contribution is -2.50. The molecule has 6 nitrogen and oxygen atoms in total. The van der Waals surface area contributed by atoms with Gasteiger partial charge in [-0.15, -0.1) is 0 Å². The van der Waals surface area contributed by atoms with Gasteiger partial charge in [0.15, 0.2) is 0 Å². The average molecular weight is 270 g/mol. The summed E-state index contributed by atoms with van der Waals surface area (Å²) in [6.45, 7) is 6.04. The summed E-state index contributed by atoms with van der Waals surface area (Å²) in [5.41, 5.74) is 0. The van der Waals surface area contributed by atoms with E-state index in [0.29, 0.717) is 19.5 Å². The van der Waals surface area contributed by atoms with Crippen LogP contribution in [0.2, 0.25) is 0 Å². The van der Waals surface area contributed by atoms with Gasteiger partial charge in [0.25, 0.3) is 0 Å². The van der Waals surface area contributed by atoms with E-state index in [1.165, 1.54) is 6.92 Å². The van der Waals surface area contributed by atoms with Crippen molar-refractivity contribution < 1.29 is 19.5 Å². The lowest BCUT2D eigenvalue weighted by atomic mass is 9.95. The fraction of sp³-hybridized carbons (Fsp3) is 0.769. The number of nitrogens with zero attached hydrogens (tertiary/aromatic N) is 1. The third-order valence-corrected chi connectivity index (χ3v) is 3.47. The van der Waals surface area contributed by atoms with Gasteiger partial charge in [0.2, 0.25) is 11.8 Å². The Morgan fingerprint density at radius 2 is 1.95 bits per heavy atom. The second-order valence-electron chi connectivity index (χ2n) is 5.37. The van der Waals surface area contributed by atoms with E-state index in [9.17, 15) is 14.4 Å². The van der Waals surface area contributed by atoms with E-state index in [-0.39, 0.29) is 23.7 Å². The maximum Gasteiger partial charge on any atom is 0.326 e. The number of carbonyl (C=O) groups is 3. The van der Waals surface area contributed by atoms with Crippen LogP contribution in [0.4, 0.5) is 0 Å². The zero-order chi connectivity index (χ0) is 14.6. The Bertz CT molecular complexity index is 368. The molecule has 1 rings (SSSR count). The van der Waals surface area contributed by atoms with Crippen molar-refractivity contribution >= 4 is 17.8 Å². The van der Waals surface area contributed by atoms with E-state index >= 15 is 0 Å². The predicted molar refractivity (Wildman–Crippen MR) is 69.4 cm³/mol. The Labute approximate surface area is 113 Å². The van der Waals surface area contributed by atoms with Gasteiger partial charge in [-0.1, -0.05) is 13.8 Å². The second-order valence-corrected chi connectivity index (χ2v) is 5.37. The van der Waals surface area contributed by atoms with Crippen LogP contribution in [-0.2, 0) is 14.4 Å². The molecule has 0 spiro atoms. The van der Waals surface area contributed by atoms with Crippen molar-refractivity contribution in [2.75, 3.05) is 13.1 Å². The highest BCUT2D eigenvalue weighted by atomic mass is 16.4. The van der Waals surface area contributed by atoms with Crippen molar-refractivity contribution in [3.63, 3.8) is 0 Å². The molecular weight excluding hydrogens is 248 g/mol. The van der Waals surface area contributed by atoms with Crippen LogP contribution in [0.1, 0.15) is 33.6 Å². The smallest absolute Gasteiger partial charge is 0.326 e. The number of carbonyl (C=O) groups excluding carboxylic acids is 2. The van der Waals surface area contributed by atoms with Crippen LogP contribution in [0.3, 0.4) is 0 Å². The van der Waals surface area contributed by atoms with E-state index in [0.717, 1.165) is 6.42 Å². The molecule has 0 aliphatic carbocycles. The van der Waals surface area contributed by atoms with Gasteiger partial charge in [-0.2, -0.15) is 0 Å². The molecule has 0 aromatic carbocycles. The molecule has 2 unspecified atom stereocenters. The highest BCUT2D eigenvalue weighted by Crippen LogP contribution is 2.17. The average Bonchev–Trinajstić information content (AvgIpc) is 2.34. The molecule has 1 aliphatic heterocycles. The van der Waals surface area contributed by atoms with Gasteiger partial charge in [0.1, 0.15) is 6.04 Å². The molecule has 2 N–H and O–H groups in total. The first-order valence-electron chi connectivity index (χ1n) is 6.61. The molecule has 0 aromatic heterocycles. The number of hydrogen-bond donors (Lipinski definition) is 2. The molecule has 6 heteroatoms. The molecule has 1 fully saturated rings. The quantitative estimate of drug-likeness (QED) is 0.777. The molecular formula is C13H22N2O4. The summed E-state index contributed by atoms with van der Waals surface area (Å²) in [6.07, 6.45) is 1.47. The van der Waals surface area contributed by atoms with Crippen molar-refractivity contribution in [3.8, 4) is 0 Å². The minimum atomic E-state index is -1.03. The van der Waals surface area contributed by atoms with E-state index in [1.54, 1.807) is 18.7 Å². The SMILES string of the molecule is CC(=O)N1CCCC(C(=O)NC(C(=O)O)C(C)C)C1. The van der Waals surface area contributed by atoms with Gasteiger partial charge in [-0.05, 0) is 18.8 Å². The molecule has 0 saturated carbocycles. The summed E-state index contributed by atoms with van der Waals surface area (Å²) >= 11 is 0. The summed E-state index contributed by atoms with van der Waals surface area (Å²) in [5, 5.41) is 11.6. The van der Waals surface area contributed by atoms with Gasteiger partial charge in [0.05, 0.1) is 5.92 Å². The fourth-order valence-electron chi connectivity index (χ4n) is 2.26. The fourth-order valence-corrected chi connectivity index (χ4v) is 2.26. The van der Waals surface area contributed by atoms with E-state index < -0.39 is 12.0 Å². The van der Waals surface area contributed by atoms with Crippen LogP contribution in [0.25, 0.3) is 0 Å². The van der Waals surface area contributed by atoms with Crippen LogP contribution in [0.5, 0.6) is 0 Å². The molecule has 2 amide bonds. The van der Waals surface area contributed by atoms with Crippen LogP contribution in [0.15, 0.2) is 0 Å². The third kappa shape index (κ3) is 4.22. The number of hydrogen-bond acceptors (Lipinski definition) is 3. The minimum absolute atomic E-state index is 0.0452. The van der Waals surface area contributed by atoms with E-state index in [1.807, 2.05) is 0 Å². The standard InChI is InChI=1S/C13H22N2O4/c1-8(2)11(13(18)19)14-12(17)10-5-4-6-15(7-10)9(3)16/h8,10-11H,4-7H2,1-3H3,(H,14,17)(H,18,19). The van der Waals surface area contributed by atoms with Gasteiger partial charge in [-0.25, -0.2) is 4.79 Å². The van der Waals surface area contributed by atoms with Crippen LogP contribution in [0, 0.1) is 11.8 Å². The number of piperidine rings is 1. The third-order valence-electron chi connectivity index (χ3n) is 3.47. The molecule has 1 saturated heterocycles. The van der Waals surface area contributed by atoms with Gasteiger partial charge >= 0.3 is 5.97 Å². The number of carboxylic acid groups (broad SMARTS) is 1. The summed E-state index contributed by atoms with van der Waals surface area (Å²) in [4.78, 5) is 36.1. The lowest BCUT2D eigenvalue weighted by molar-refractivity contribution is -0.144. The Hall–Kier alpha value is -1.59. The first-order chi connectivity index (χ1) is 8.82. The molecule has 0 aromatic rings. The lowest BCUT2D eigenvalue weighted by Gasteiger charge is -2.32. The predicted octanol–water partition coefficient (Wildman–Crippen LogP) is 0.470. The highest BCUT2D eigenvalue weighted by molar-refractivity contribution is 5.85. The van der Waals surface area contributed by atoms with E-state index in [2.05, 4.69) is 5.32 Å². The second kappa shape index (κ2) is 6.54. The number of likely N-dealkylation sites (tertiary alicyclic amines) is 1. The molecule has 1 aliphatic rings. The summed E-state index contributed by atoms with van der Waals surface area (Å²) in [7, 11) is 0. The molecule has 19 heavy (non-hydrogen) atoms. The molecule has 0 radical (unpaired) electrons. The first kappa shape index (κ1) is 15.5. The first-order valence-corrected chi connectivity index (χ1v) is 6.61.